The summed E-state index contributed by atoms with van der Waals surface area (Å²) in [6.07, 6.45) is 2.40. The molecule has 0 unspecified atom stereocenters. The van der Waals surface area contributed by atoms with E-state index in [-0.39, 0.29) is 11.8 Å². The topological polar surface area (TPSA) is 75.9 Å². The number of rotatable bonds is 3. The Labute approximate surface area is 157 Å². The van der Waals surface area contributed by atoms with Crippen LogP contribution in [0.3, 0.4) is 0 Å². The van der Waals surface area contributed by atoms with E-state index in [0.717, 1.165) is 24.1 Å². The first kappa shape index (κ1) is 17.6. The lowest BCUT2D eigenvalue weighted by molar-refractivity contribution is -0.132. The number of benzene rings is 1. The van der Waals surface area contributed by atoms with Gasteiger partial charge in [-0.3, -0.25) is 9.59 Å². The lowest BCUT2D eigenvalue weighted by atomic mass is 10.1. The van der Waals surface area contributed by atoms with Crippen LogP contribution in [-0.4, -0.2) is 41.6 Å². The van der Waals surface area contributed by atoms with Crippen LogP contribution in [-0.2, 0) is 11.3 Å². The van der Waals surface area contributed by atoms with Gasteiger partial charge < -0.3 is 19.1 Å². The van der Waals surface area contributed by atoms with Gasteiger partial charge in [0.25, 0.3) is 5.91 Å². The number of carbonyl (C=O) groups is 2. The average Bonchev–Trinajstić information content (AvgIpc) is 3.43. The molecule has 2 aromatic rings. The highest BCUT2D eigenvalue weighted by atomic mass is 16.5. The fourth-order valence-electron chi connectivity index (χ4n) is 3.68. The molecule has 1 saturated carbocycles. The van der Waals surface area contributed by atoms with E-state index in [1.54, 1.807) is 25.9 Å². The molecule has 2 amide bonds. The Bertz CT molecular complexity index is 881. The standard InChI is InChI=1S/C20H23N3O4/c1-12-19(13(2)27-21-12)20(25)22-9-8-18(24)23(15-4-5-15)11-14-10-16(26-3)6-7-17(14)22/h6-7,10,15H,4-5,8-9,11H2,1-3H3. The summed E-state index contributed by atoms with van der Waals surface area (Å²) in [4.78, 5) is 29.6. The summed E-state index contributed by atoms with van der Waals surface area (Å²) in [7, 11) is 1.61. The summed E-state index contributed by atoms with van der Waals surface area (Å²) < 4.78 is 10.5. The van der Waals surface area contributed by atoms with Crippen molar-refractivity contribution in [1.82, 2.24) is 10.1 Å². The predicted molar refractivity (Wildman–Crippen MR) is 98.8 cm³/mol. The molecule has 2 heterocycles. The van der Waals surface area contributed by atoms with E-state index >= 15 is 0 Å². The highest BCUT2D eigenvalue weighted by Crippen LogP contribution is 2.35. The number of methoxy groups -OCH3 is 1. The van der Waals surface area contributed by atoms with E-state index in [2.05, 4.69) is 5.16 Å². The van der Waals surface area contributed by atoms with Crippen LogP contribution in [0.5, 0.6) is 5.75 Å². The molecule has 1 aliphatic heterocycles. The molecule has 1 aromatic heterocycles. The van der Waals surface area contributed by atoms with E-state index in [0.29, 0.717) is 48.3 Å². The van der Waals surface area contributed by atoms with Crippen molar-refractivity contribution in [2.45, 2.75) is 45.7 Å². The molecule has 0 N–H and O–H groups in total. The molecule has 0 spiro atoms. The van der Waals surface area contributed by atoms with Gasteiger partial charge in [-0.25, -0.2) is 0 Å². The first-order chi connectivity index (χ1) is 13.0. The quantitative estimate of drug-likeness (QED) is 0.832. The Morgan fingerprint density at radius 2 is 2.07 bits per heavy atom. The average molecular weight is 369 g/mol. The maximum absolute atomic E-state index is 13.3. The number of aryl methyl sites for hydroxylation is 2. The van der Waals surface area contributed by atoms with Gasteiger partial charge in [-0.1, -0.05) is 5.16 Å². The molecular weight excluding hydrogens is 346 g/mol. The molecule has 7 nitrogen and oxygen atoms in total. The second-order valence-corrected chi connectivity index (χ2v) is 7.15. The first-order valence-electron chi connectivity index (χ1n) is 9.20. The molecule has 27 heavy (non-hydrogen) atoms. The van der Waals surface area contributed by atoms with Crippen molar-refractivity contribution in [3.63, 3.8) is 0 Å². The molecule has 2 aliphatic rings. The van der Waals surface area contributed by atoms with Crippen LogP contribution < -0.4 is 9.64 Å². The molecule has 7 heteroatoms. The Kier molecular flexibility index (Phi) is 4.37. The van der Waals surface area contributed by atoms with Crippen LogP contribution in [0, 0.1) is 13.8 Å². The van der Waals surface area contributed by atoms with Crippen LogP contribution >= 0.6 is 0 Å². The zero-order chi connectivity index (χ0) is 19.1. The van der Waals surface area contributed by atoms with Gasteiger partial charge in [0.15, 0.2) is 0 Å². The van der Waals surface area contributed by atoms with Crippen molar-refractivity contribution in [2.24, 2.45) is 0 Å². The second kappa shape index (κ2) is 6.72. The zero-order valence-electron chi connectivity index (χ0n) is 15.8. The van der Waals surface area contributed by atoms with Gasteiger partial charge in [0.1, 0.15) is 17.1 Å². The summed E-state index contributed by atoms with van der Waals surface area (Å²) in [5.74, 6) is 1.09. The third-order valence-corrected chi connectivity index (χ3v) is 5.27. The molecule has 0 radical (unpaired) electrons. The highest BCUT2D eigenvalue weighted by molar-refractivity contribution is 6.08. The summed E-state index contributed by atoms with van der Waals surface area (Å²) in [5, 5.41) is 3.90. The fourth-order valence-corrected chi connectivity index (χ4v) is 3.68. The molecule has 1 aromatic carbocycles. The number of carbonyl (C=O) groups excluding carboxylic acids is 2. The van der Waals surface area contributed by atoms with Gasteiger partial charge >= 0.3 is 0 Å². The van der Waals surface area contributed by atoms with Crippen LogP contribution in [0.4, 0.5) is 5.69 Å². The van der Waals surface area contributed by atoms with E-state index in [1.807, 2.05) is 23.1 Å². The smallest absolute Gasteiger partial charge is 0.263 e. The first-order valence-corrected chi connectivity index (χ1v) is 9.20. The number of hydrogen-bond donors (Lipinski definition) is 0. The van der Waals surface area contributed by atoms with Gasteiger partial charge in [-0.05, 0) is 50.5 Å². The second-order valence-electron chi connectivity index (χ2n) is 7.15. The zero-order valence-corrected chi connectivity index (χ0v) is 15.8. The minimum absolute atomic E-state index is 0.0857. The van der Waals surface area contributed by atoms with Crippen molar-refractivity contribution in [3.05, 3.63) is 40.8 Å². The maximum Gasteiger partial charge on any atom is 0.263 e. The van der Waals surface area contributed by atoms with E-state index in [4.69, 9.17) is 9.26 Å². The van der Waals surface area contributed by atoms with E-state index < -0.39 is 0 Å². The van der Waals surface area contributed by atoms with Crippen molar-refractivity contribution in [3.8, 4) is 5.75 Å². The number of fused-ring (bicyclic) bond motifs is 1. The normalized spacial score (nSPS) is 17.4. The number of anilines is 1. The predicted octanol–water partition coefficient (Wildman–Crippen LogP) is 2.84. The summed E-state index contributed by atoms with van der Waals surface area (Å²) in [6, 6.07) is 5.97. The Balaban J connectivity index is 1.77. The molecule has 0 atom stereocenters. The third kappa shape index (κ3) is 3.18. The van der Waals surface area contributed by atoms with Gasteiger partial charge in [0.2, 0.25) is 5.91 Å². The van der Waals surface area contributed by atoms with Crippen LogP contribution in [0.1, 0.15) is 46.6 Å². The molecule has 0 saturated heterocycles. The lowest BCUT2D eigenvalue weighted by Crippen LogP contribution is -2.41. The van der Waals surface area contributed by atoms with E-state index in [1.165, 1.54) is 0 Å². The van der Waals surface area contributed by atoms with Crippen molar-refractivity contribution in [1.29, 1.82) is 0 Å². The van der Waals surface area contributed by atoms with Gasteiger partial charge in [0, 0.05) is 31.2 Å². The third-order valence-electron chi connectivity index (χ3n) is 5.27. The lowest BCUT2D eigenvalue weighted by Gasteiger charge is -2.32. The Morgan fingerprint density at radius 1 is 1.30 bits per heavy atom. The van der Waals surface area contributed by atoms with Gasteiger partial charge in [-0.2, -0.15) is 0 Å². The molecule has 4 rings (SSSR count). The Hall–Kier alpha value is -2.83. The number of nitrogens with zero attached hydrogens (tertiary/aromatic N) is 3. The number of aromatic nitrogens is 1. The van der Waals surface area contributed by atoms with Crippen molar-refractivity contribution in [2.75, 3.05) is 18.6 Å². The summed E-state index contributed by atoms with van der Waals surface area (Å²) in [5.41, 5.74) is 2.73. The highest BCUT2D eigenvalue weighted by Gasteiger charge is 2.36. The van der Waals surface area contributed by atoms with Gasteiger partial charge in [0.05, 0.1) is 12.8 Å². The number of hydrogen-bond acceptors (Lipinski definition) is 5. The van der Waals surface area contributed by atoms with Crippen molar-refractivity contribution < 1.29 is 18.8 Å². The summed E-state index contributed by atoms with van der Waals surface area (Å²) >= 11 is 0. The molecule has 1 fully saturated rings. The van der Waals surface area contributed by atoms with Gasteiger partial charge in [-0.15, -0.1) is 0 Å². The Morgan fingerprint density at radius 3 is 2.70 bits per heavy atom. The fraction of sp³-hybridized carbons (Fsp3) is 0.450. The monoisotopic (exact) mass is 369 g/mol. The molecule has 0 bridgehead atoms. The van der Waals surface area contributed by atoms with Crippen LogP contribution in [0.2, 0.25) is 0 Å². The minimum Gasteiger partial charge on any atom is -0.497 e. The summed E-state index contributed by atoms with van der Waals surface area (Å²) in [6.45, 7) is 4.29. The number of ether oxygens (including phenoxy) is 1. The molecule has 142 valence electrons. The molecule has 1 aliphatic carbocycles. The largest absolute Gasteiger partial charge is 0.497 e. The minimum atomic E-state index is -0.190. The van der Waals surface area contributed by atoms with Crippen molar-refractivity contribution >= 4 is 17.5 Å². The van der Waals surface area contributed by atoms with E-state index in [9.17, 15) is 9.59 Å². The SMILES string of the molecule is COc1ccc2c(c1)CN(C1CC1)C(=O)CCN2C(=O)c1c(C)noc1C. The van der Waals surface area contributed by atoms with Crippen LogP contribution in [0.25, 0.3) is 0 Å². The molecular formula is C20H23N3O4. The van der Waals surface area contributed by atoms with Crippen LogP contribution in [0.15, 0.2) is 22.7 Å². The number of amides is 2. The maximum atomic E-state index is 13.3.